The number of methoxy groups -OCH3 is 2. The maximum absolute atomic E-state index is 12.6. The molecular weight excluding hydrogens is 418 g/mol. The lowest BCUT2D eigenvalue weighted by Gasteiger charge is -2.37. The predicted octanol–water partition coefficient (Wildman–Crippen LogP) is 3.25. The number of halogens is 2. The average molecular weight is 449 g/mol. The molecule has 0 amide bonds. The molecule has 0 radical (unpaired) electrons. The van der Waals surface area contributed by atoms with E-state index in [-0.39, 0.29) is 11.5 Å². The standard InChI is InChI=1S/C23H30F2N4O3/c1-26-23(27-10-9-17-7-8-20(31-3)21(15-17)32-22(24)25)29-13-11-28(12-14-29)18-5-4-6-19(16-18)30-2/h4-8,15-16,22H,9-14H2,1-3H3,(H,26,27). The summed E-state index contributed by atoms with van der Waals surface area (Å²) in [5.41, 5.74) is 2.01. The van der Waals surface area contributed by atoms with Crippen LogP contribution in [0.5, 0.6) is 17.2 Å². The van der Waals surface area contributed by atoms with Crippen LogP contribution in [-0.4, -0.2) is 71.5 Å². The van der Waals surface area contributed by atoms with Crippen LogP contribution in [0, 0.1) is 0 Å². The molecule has 0 aromatic heterocycles. The lowest BCUT2D eigenvalue weighted by molar-refractivity contribution is -0.0512. The zero-order valence-corrected chi connectivity index (χ0v) is 18.7. The van der Waals surface area contributed by atoms with E-state index in [1.54, 1.807) is 26.3 Å². The summed E-state index contributed by atoms with van der Waals surface area (Å²) >= 11 is 0. The van der Waals surface area contributed by atoms with Gasteiger partial charge in [0.25, 0.3) is 0 Å². The first-order chi connectivity index (χ1) is 15.5. The van der Waals surface area contributed by atoms with Crippen LogP contribution in [0.2, 0.25) is 0 Å². The van der Waals surface area contributed by atoms with Crippen molar-refractivity contribution in [2.75, 3.05) is 58.9 Å². The second kappa shape index (κ2) is 11.4. The van der Waals surface area contributed by atoms with Gasteiger partial charge in [-0.2, -0.15) is 8.78 Å². The van der Waals surface area contributed by atoms with Gasteiger partial charge in [0, 0.05) is 51.5 Å². The zero-order chi connectivity index (χ0) is 22.9. The van der Waals surface area contributed by atoms with E-state index in [1.165, 1.54) is 7.11 Å². The lowest BCUT2D eigenvalue weighted by Crippen LogP contribution is -2.52. The molecule has 0 atom stereocenters. The highest BCUT2D eigenvalue weighted by Gasteiger charge is 2.20. The Labute approximate surface area is 187 Å². The van der Waals surface area contributed by atoms with Crippen LogP contribution in [-0.2, 0) is 6.42 Å². The fraction of sp³-hybridized carbons (Fsp3) is 0.435. The van der Waals surface area contributed by atoms with Crippen molar-refractivity contribution in [3.63, 3.8) is 0 Å². The lowest BCUT2D eigenvalue weighted by atomic mass is 10.1. The third-order valence-electron chi connectivity index (χ3n) is 5.35. The van der Waals surface area contributed by atoms with E-state index in [0.29, 0.717) is 13.0 Å². The fourth-order valence-corrected chi connectivity index (χ4v) is 3.70. The molecule has 0 spiro atoms. The molecule has 32 heavy (non-hydrogen) atoms. The molecule has 1 heterocycles. The number of benzene rings is 2. The summed E-state index contributed by atoms with van der Waals surface area (Å²) < 4.78 is 40.2. The number of aliphatic imine (C=N–C) groups is 1. The van der Waals surface area contributed by atoms with Crippen LogP contribution in [0.15, 0.2) is 47.5 Å². The van der Waals surface area contributed by atoms with Gasteiger partial charge in [0.15, 0.2) is 17.5 Å². The van der Waals surface area contributed by atoms with E-state index in [0.717, 1.165) is 49.1 Å². The quantitative estimate of drug-likeness (QED) is 0.494. The summed E-state index contributed by atoms with van der Waals surface area (Å²) in [5.74, 6) is 2.00. The number of guanidine groups is 1. The second-order valence-corrected chi connectivity index (χ2v) is 7.26. The first kappa shape index (κ1) is 23.4. The molecule has 2 aromatic carbocycles. The maximum Gasteiger partial charge on any atom is 0.387 e. The summed E-state index contributed by atoms with van der Waals surface area (Å²) in [6, 6.07) is 13.1. The molecule has 1 aliphatic heterocycles. The summed E-state index contributed by atoms with van der Waals surface area (Å²) in [5, 5.41) is 3.37. The van der Waals surface area contributed by atoms with E-state index >= 15 is 0 Å². The van der Waals surface area contributed by atoms with Crippen molar-refractivity contribution in [2.24, 2.45) is 4.99 Å². The molecule has 3 rings (SSSR count). The highest BCUT2D eigenvalue weighted by molar-refractivity contribution is 5.80. The van der Waals surface area contributed by atoms with Crippen molar-refractivity contribution >= 4 is 11.6 Å². The Bertz CT molecular complexity index is 903. The van der Waals surface area contributed by atoms with Crippen molar-refractivity contribution in [1.82, 2.24) is 10.2 Å². The molecule has 1 saturated heterocycles. The average Bonchev–Trinajstić information content (AvgIpc) is 2.82. The number of piperazine rings is 1. The molecule has 2 aromatic rings. The van der Waals surface area contributed by atoms with Crippen LogP contribution in [0.1, 0.15) is 5.56 Å². The maximum atomic E-state index is 12.6. The monoisotopic (exact) mass is 448 g/mol. The third-order valence-corrected chi connectivity index (χ3v) is 5.35. The van der Waals surface area contributed by atoms with Gasteiger partial charge in [-0.1, -0.05) is 12.1 Å². The number of hydrogen-bond acceptors (Lipinski definition) is 5. The number of anilines is 1. The number of hydrogen-bond donors (Lipinski definition) is 1. The molecule has 0 saturated carbocycles. The van der Waals surface area contributed by atoms with Crippen LogP contribution in [0.3, 0.4) is 0 Å². The van der Waals surface area contributed by atoms with Crippen molar-refractivity contribution in [3.05, 3.63) is 48.0 Å². The predicted molar refractivity (Wildman–Crippen MR) is 121 cm³/mol. The van der Waals surface area contributed by atoms with Gasteiger partial charge >= 0.3 is 6.61 Å². The Balaban J connectivity index is 1.51. The summed E-state index contributed by atoms with van der Waals surface area (Å²) in [6.07, 6.45) is 0.631. The van der Waals surface area contributed by atoms with E-state index < -0.39 is 6.61 Å². The Morgan fingerprint density at radius 2 is 1.81 bits per heavy atom. The highest BCUT2D eigenvalue weighted by Crippen LogP contribution is 2.29. The van der Waals surface area contributed by atoms with Gasteiger partial charge in [0.1, 0.15) is 5.75 Å². The Morgan fingerprint density at radius 3 is 2.47 bits per heavy atom. The van der Waals surface area contributed by atoms with Gasteiger partial charge in [-0.3, -0.25) is 4.99 Å². The largest absolute Gasteiger partial charge is 0.497 e. The normalized spacial score (nSPS) is 14.5. The van der Waals surface area contributed by atoms with Gasteiger partial charge in [-0.25, -0.2) is 0 Å². The van der Waals surface area contributed by atoms with Gasteiger partial charge < -0.3 is 29.3 Å². The first-order valence-electron chi connectivity index (χ1n) is 10.5. The van der Waals surface area contributed by atoms with Crippen molar-refractivity contribution in [2.45, 2.75) is 13.0 Å². The van der Waals surface area contributed by atoms with E-state index in [4.69, 9.17) is 9.47 Å². The van der Waals surface area contributed by atoms with E-state index in [9.17, 15) is 8.78 Å². The SMILES string of the molecule is CN=C(NCCc1ccc(OC)c(OC(F)F)c1)N1CCN(c2cccc(OC)c2)CC1. The molecule has 0 bridgehead atoms. The first-order valence-corrected chi connectivity index (χ1v) is 10.5. The molecular formula is C23H30F2N4O3. The number of nitrogens with one attached hydrogen (secondary N) is 1. The molecule has 1 aliphatic rings. The van der Waals surface area contributed by atoms with Gasteiger partial charge in [-0.05, 0) is 36.2 Å². The zero-order valence-electron chi connectivity index (χ0n) is 18.7. The molecule has 1 N–H and O–H groups in total. The van der Waals surface area contributed by atoms with Gasteiger partial charge in [0.05, 0.1) is 14.2 Å². The second-order valence-electron chi connectivity index (χ2n) is 7.26. The topological polar surface area (TPSA) is 58.6 Å². The van der Waals surface area contributed by atoms with E-state index in [2.05, 4.69) is 30.9 Å². The summed E-state index contributed by atoms with van der Waals surface area (Å²) in [4.78, 5) is 8.95. The minimum absolute atomic E-state index is 0.0399. The molecule has 9 heteroatoms. The van der Waals surface area contributed by atoms with Gasteiger partial charge in [0.2, 0.25) is 0 Å². The van der Waals surface area contributed by atoms with Crippen LogP contribution < -0.4 is 24.4 Å². The third kappa shape index (κ3) is 6.15. The molecule has 0 aliphatic carbocycles. The van der Waals surface area contributed by atoms with Crippen LogP contribution >= 0.6 is 0 Å². The smallest absolute Gasteiger partial charge is 0.387 e. The van der Waals surface area contributed by atoms with E-state index in [1.807, 2.05) is 24.3 Å². The minimum Gasteiger partial charge on any atom is -0.497 e. The molecule has 1 fully saturated rings. The Kier molecular flexibility index (Phi) is 8.35. The molecule has 174 valence electrons. The number of alkyl halides is 2. The van der Waals surface area contributed by atoms with Crippen molar-refractivity contribution < 1.29 is 23.0 Å². The van der Waals surface area contributed by atoms with Gasteiger partial charge in [-0.15, -0.1) is 0 Å². The van der Waals surface area contributed by atoms with Crippen molar-refractivity contribution in [3.8, 4) is 17.2 Å². The van der Waals surface area contributed by atoms with Crippen molar-refractivity contribution in [1.29, 1.82) is 0 Å². The van der Waals surface area contributed by atoms with Crippen LogP contribution in [0.25, 0.3) is 0 Å². The minimum atomic E-state index is -2.90. The number of rotatable bonds is 8. The Morgan fingerprint density at radius 1 is 1.03 bits per heavy atom. The Hall–Kier alpha value is -3.23. The van der Waals surface area contributed by atoms with Crippen LogP contribution in [0.4, 0.5) is 14.5 Å². The number of nitrogens with zero attached hydrogens (tertiary/aromatic N) is 3. The summed E-state index contributed by atoms with van der Waals surface area (Å²) in [6.45, 7) is 1.15. The molecule has 7 nitrogen and oxygen atoms in total. The summed E-state index contributed by atoms with van der Waals surface area (Å²) in [7, 11) is 4.86. The molecule has 0 unspecified atom stereocenters. The fourth-order valence-electron chi connectivity index (χ4n) is 3.70. The highest BCUT2D eigenvalue weighted by atomic mass is 19.3. The number of ether oxygens (including phenoxy) is 3.